The summed E-state index contributed by atoms with van der Waals surface area (Å²) in [4.78, 5) is 14.4. The number of carboxylic acids is 1. The van der Waals surface area contributed by atoms with E-state index < -0.39 is 11.5 Å². The van der Waals surface area contributed by atoms with E-state index in [2.05, 4.69) is 10.2 Å². The third-order valence-electron chi connectivity index (χ3n) is 5.52. The molecule has 3 fully saturated rings. The SMILES string of the molecule is COC1CCN(C2CCCC(NC3CC3)(C(=O)O)C2)CC1. The van der Waals surface area contributed by atoms with Gasteiger partial charge >= 0.3 is 5.97 Å². The lowest BCUT2D eigenvalue weighted by Crippen LogP contribution is -2.59. The Kier molecular flexibility index (Phi) is 4.52. The number of piperidine rings is 1. The fraction of sp³-hybridized carbons (Fsp3) is 0.938. The molecule has 2 unspecified atom stereocenters. The first-order chi connectivity index (χ1) is 10.1. The lowest BCUT2D eigenvalue weighted by atomic mass is 9.77. The highest BCUT2D eigenvalue weighted by Crippen LogP contribution is 2.36. The number of rotatable bonds is 5. The van der Waals surface area contributed by atoms with Crippen molar-refractivity contribution in [3.8, 4) is 0 Å². The molecule has 0 bridgehead atoms. The van der Waals surface area contributed by atoms with E-state index in [-0.39, 0.29) is 0 Å². The van der Waals surface area contributed by atoms with Gasteiger partial charge in [0.05, 0.1) is 6.10 Å². The number of ether oxygens (including phenoxy) is 1. The van der Waals surface area contributed by atoms with E-state index >= 15 is 0 Å². The van der Waals surface area contributed by atoms with Crippen molar-refractivity contribution in [3.05, 3.63) is 0 Å². The average molecular weight is 296 g/mol. The van der Waals surface area contributed by atoms with Crippen LogP contribution >= 0.6 is 0 Å². The molecule has 0 aromatic rings. The molecule has 0 aromatic heterocycles. The van der Waals surface area contributed by atoms with Crippen molar-refractivity contribution < 1.29 is 14.6 Å². The van der Waals surface area contributed by atoms with E-state index in [0.717, 1.165) is 64.5 Å². The van der Waals surface area contributed by atoms with E-state index in [1.54, 1.807) is 7.11 Å². The topological polar surface area (TPSA) is 61.8 Å². The average Bonchev–Trinajstić information content (AvgIpc) is 3.31. The number of nitrogens with one attached hydrogen (secondary N) is 1. The van der Waals surface area contributed by atoms with Crippen LogP contribution in [0.4, 0.5) is 0 Å². The number of likely N-dealkylation sites (tertiary alicyclic amines) is 1. The molecule has 2 saturated carbocycles. The van der Waals surface area contributed by atoms with Gasteiger partial charge in [0.1, 0.15) is 5.54 Å². The zero-order valence-electron chi connectivity index (χ0n) is 13.0. The molecule has 5 nitrogen and oxygen atoms in total. The second kappa shape index (κ2) is 6.23. The van der Waals surface area contributed by atoms with Crippen LogP contribution in [0.25, 0.3) is 0 Å². The summed E-state index contributed by atoms with van der Waals surface area (Å²) < 4.78 is 5.43. The van der Waals surface area contributed by atoms with Crippen LogP contribution in [-0.4, -0.2) is 59.9 Å². The summed E-state index contributed by atoms with van der Waals surface area (Å²) in [6.45, 7) is 2.09. The van der Waals surface area contributed by atoms with Crippen LogP contribution in [0.3, 0.4) is 0 Å². The molecule has 120 valence electrons. The van der Waals surface area contributed by atoms with Gasteiger partial charge in [0.2, 0.25) is 0 Å². The summed E-state index contributed by atoms with van der Waals surface area (Å²) in [5.74, 6) is -0.647. The fourth-order valence-electron chi connectivity index (χ4n) is 4.04. The van der Waals surface area contributed by atoms with Gasteiger partial charge in [-0.15, -0.1) is 0 Å². The van der Waals surface area contributed by atoms with E-state index in [9.17, 15) is 9.90 Å². The number of hydrogen-bond donors (Lipinski definition) is 2. The normalized spacial score (nSPS) is 35.8. The van der Waals surface area contributed by atoms with Crippen molar-refractivity contribution in [2.45, 2.75) is 75.1 Å². The van der Waals surface area contributed by atoms with Gasteiger partial charge in [-0.25, -0.2) is 0 Å². The van der Waals surface area contributed by atoms with Gasteiger partial charge in [-0.05, 0) is 51.4 Å². The van der Waals surface area contributed by atoms with Gasteiger partial charge < -0.3 is 14.7 Å². The number of carboxylic acid groups (broad SMARTS) is 1. The molecule has 1 heterocycles. The molecule has 0 radical (unpaired) electrons. The van der Waals surface area contributed by atoms with Crippen molar-refractivity contribution in [1.82, 2.24) is 10.2 Å². The standard InChI is InChI=1S/C16H28N2O3/c1-21-14-6-9-18(10-7-14)13-3-2-8-16(11-13,15(19)20)17-12-4-5-12/h12-14,17H,2-11H2,1H3,(H,19,20). The molecule has 3 rings (SSSR count). The lowest BCUT2D eigenvalue weighted by molar-refractivity contribution is -0.148. The molecule has 0 aromatic carbocycles. The van der Waals surface area contributed by atoms with Crippen molar-refractivity contribution in [3.63, 3.8) is 0 Å². The Labute approximate surface area is 127 Å². The molecular weight excluding hydrogens is 268 g/mol. The maximum absolute atomic E-state index is 11.9. The molecule has 1 saturated heterocycles. The Morgan fingerprint density at radius 2 is 1.95 bits per heavy atom. The van der Waals surface area contributed by atoms with Crippen molar-refractivity contribution in [2.75, 3.05) is 20.2 Å². The number of methoxy groups -OCH3 is 1. The monoisotopic (exact) mass is 296 g/mol. The largest absolute Gasteiger partial charge is 0.480 e. The summed E-state index contributed by atoms with van der Waals surface area (Å²) in [6.07, 6.45) is 8.50. The number of carbonyl (C=O) groups is 1. The van der Waals surface area contributed by atoms with E-state index in [4.69, 9.17) is 4.74 Å². The summed E-state index contributed by atoms with van der Waals surface area (Å²) in [6, 6.07) is 0.859. The minimum atomic E-state index is -0.678. The van der Waals surface area contributed by atoms with Gasteiger partial charge in [0, 0.05) is 32.3 Å². The Balaban J connectivity index is 1.62. The quantitative estimate of drug-likeness (QED) is 0.807. The van der Waals surface area contributed by atoms with Gasteiger partial charge in [0.15, 0.2) is 0 Å². The van der Waals surface area contributed by atoms with E-state index in [0.29, 0.717) is 18.2 Å². The Hall–Kier alpha value is -0.650. The summed E-state index contributed by atoms with van der Waals surface area (Å²) in [5.41, 5.74) is -0.678. The Bertz CT molecular complexity index is 378. The van der Waals surface area contributed by atoms with E-state index in [1.165, 1.54) is 0 Å². The maximum atomic E-state index is 11.9. The molecule has 0 amide bonds. The van der Waals surface area contributed by atoms with Crippen molar-refractivity contribution in [2.24, 2.45) is 0 Å². The van der Waals surface area contributed by atoms with Gasteiger partial charge in [0.25, 0.3) is 0 Å². The lowest BCUT2D eigenvalue weighted by Gasteiger charge is -2.45. The van der Waals surface area contributed by atoms with Crippen LogP contribution < -0.4 is 5.32 Å². The molecule has 21 heavy (non-hydrogen) atoms. The van der Waals surface area contributed by atoms with E-state index in [1.807, 2.05) is 0 Å². The first-order valence-electron chi connectivity index (χ1n) is 8.41. The predicted molar refractivity (Wildman–Crippen MR) is 80.4 cm³/mol. The fourth-order valence-corrected chi connectivity index (χ4v) is 4.04. The first kappa shape index (κ1) is 15.3. The molecule has 5 heteroatoms. The zero-order chi connectivity index (χ0) is 14.9. The second-order valence-corrected chi connectivity index (χ2v) is 7.03. The zero-order valence-corrected chi connectivity index (χ0v) is 13.0. The van der Waals surface area contributed by atoms with Crippen LogP contribution in [0.5, 0.6) is 0 Å². The number of hydrogen-bond acceptors (Lipinski definition) is 4. The van der Waals surface area contributed by atoms with Crippen LogP contribution in [-0.2, 0) is 9.53 Å². The van der Waals surface area contributed by atoms with Crippen LogP contribution in [0.15, 0.2) is 0 Å². The van der Waals surface area contributed by atoms with Crippen LogP contribution in [0.1, 0.15) is 51.4 Å². The smallest absolute Gasteiger partial charge is 0.323 e. The summed E-state index contributed by atoms with van der Waals surface area (Å²) in [7, 11) is 1.79. The highest BCUT2D eigenvalue weighted by molar-refractivity contribution is 5.79. The number of aliphatic carboxylic acids is 1. The third-order valence-corrected chi connectivity index (χ3v) is 5.52. The molecule has 2 aliphatic carbocycles. The van der Waals surface area contributed by atoms with Gasteiger partial charge in [-0.3, -0.25) is 10.1 Å². The Morgan fingerprint density at radius 1 is 1.24 bits per heavy atom. The predicted octanol–water partition coefficient (Wildman–Crippen LogP) is 1.62. The molecular formula is C16H28N2O3. The van der Waals surface area contributed by atoms with Crippen molar-refractivity contribution >= 4 is 5.97 Å². The second-order valence-electron chi connectivity index (χ2n) is 7.03. The minimum Gasteiger partial charge on any atom is -0.480 e. The number of nitrogens with zero attached hydrogens (tertiary/aromatic N) is 1. The molecule has 3 aliphatic rings. The van der Waals surface area contributed by atoms with Gasteiger partial charge in [-0.1, -0.05) is 0 Å². The highest BCUT2D eigenvalue weighted by Gasteiger charge is 2.47. The summed E-state index contributed by atoms with van der Waals surface area (Å²) >= 11 is 0. The highest BCUT2D eigenvalue weighted by atomic mass is 16.5. The molecule has 2 N–H and O–H groups in total. The van der Waals surface area contributed by atoms with Crippen LogP contribution in [0, 0.1) is 0 Å². The summed E-state index contributed by atoms with van der Waals surface area (Å²) in [5, 5.41) is 13.2. The maximum Gasteiger partial charge on any atom is 0.323 e. The third kappa shape index (κ3) is 3.41. The van der Waals surface area contributed by atoms with Crippen LogP contribution in [0.2, 0.25) is 0 Å². The molecule has 2 atom stereocenters. The molecule has 0 spiro atoms. The van der Waals surface area contributed by atoms with Gasteiger partial charge in [-0.2, -0.15) is 0 Å². The minimum absolute atomic E-state index is 0.388. The molecule has 1 aliphatic heterocycles. The first-order valence-corrected chi connectivity index (χ1v) is 8.41. The van der Waals surface area contributed by atoms with Crippen molar-refractivity contribution in [1.29, 1.82) is 0 Å². The Morgan fingerprint density at radius 3 is 2.52 bits per heavy atom.